The topological polar surface area (TPSA) is 56.0 Å². The summed E-state index contributed by atoms with van der Waals surface area (Å²) in [6, 6.07) is 12.7. The Kier molecular flexibility index (Phi) is 5.78. The summed E-state index contributed by atoms with van der Waals surface area (Å²) in [4.78, 5) is 12.2. The SMILES string of the molecule is CCc1ccc(C(=O)CSc2nnc(-c3ccc(Cl)c(Cl)c3)o2)cc1. The summed E-state index contributed by atoms with van der Waals surface area (Å²) in [5.41, 5.74) is 2.55. The van der Waals surface area contributed by atoms with Crippen LogP contribution in [0.15, 0.2) is 52.1 Å². The van der Waals surface area contributed by atoms with E-state index >= 15 is 0 Å². The molecule has 0 bridgehead atoms. The van der Waals surface area contributed by atoms with Crippen molar-refractivity contribution < 1.29 is 9.21 Å². The van der Waals surface area contributed by atoms with Crippen LogP contribution in [-0.2, 0) is 6.42 Å². The van der Waals surface area contributed by atoms with Gasteiger partial charge >= 0.3 is 0 Å². The number of thioether (sulfide) groups is 1. The van der Waals surface area contributed by atoms with Crippen LogP contribution in [0.1, 0.15) is 22.8 Å². The van der Waals surface area contributed by atoms with E-state index in [9.17, 15) is 4.79 Å². The number of rotatable bonds is 6. The van der Waals surface area contributed by atoms with Crippen molar-refractivity contribution in [2.45, 2.75) is 18.6 Å². The summed E-state index contributed by atoms with van der Waals surface area (Å²) in [6.45, 7) is 2.08. The molecule has 4 nitrogen and oxygen atoms in total. The Morgan fingerprint density at radius 2 is 1.84 bits per heavy atom. The molecule has 3 rings (SSSR count). The van der Waals surface area contributed by atoms with Gasteiger partial charge in [-0.2, -0.15) is 0 Å². The second-order valence-electron chi connectivity index (χ2n) is 5.26. The van der Waals surface area contributed by atoms with Crippen molar-refractivity contribution in [1.82, 2.24) is 10.2 Å². The van der Waals surface area contributed by atoms with Crippen molar-refractivity contribution in [1.29, 1.82) is 0 Å². The lowest BCUT2D eigenvalue weighted by molar-refractivity contribution is 0.102. The number of ketones is 1. The molecule has 0 fully saturated rings. The monoisotopic (exact) mass is 392 g/mol. The predicted octanol–water partition coefficient (Wildman–Crippen LogP) is 5.58. The van der Waals surface area contributed by atoms with Crippen LogP contribution >= 0.6 is 35.0 Å². The van der Waals surface area contributed by atoms with Crippen molar-refractivity contribution in [3.05, 3.63) is 63.6 Å². The minimum absolute atomic E-state index is 0.0157. The number of aromatic nitrogens is 2. The second-order valence-corrected chi connectivity index (χ2v) is 7.01. The van der Waals surface area contributed by atoms with Crippen molar-refractivity contribution in [3.8, 4) is 11.5 Å². The number of halogens is 2. The Morgan fingerprint density at radius 1 is 1.08 bits per heavy atom. The quantitative estimate of drug-likeness (QED) is 0.404. The zero-order valence-electron chi connectivity index (χ0n) is 13.3. The van der Waals surface area contributed by atoms with Gasteiger partial charge < -0.3 is 4.42 Å². The van der Waals surface area contributed by atoms with Gasteiger partial charge in [0.15, 0.2) is 5.78 Å². The lowest BCUT2D eigenvalue weighted by atomic mass is 10.1. The maximum atomic E-state index is 12.2. The first-order valence-corrected chi connectivity index (χ1v) is 9.35. The van der Waals surface area contributed by atoms with E-state index in [-0.39, 0.29) is 11.5 Å². The summed E-state index contributed by atoms with van der Waals surface area (Å²) < 4.78 is 5.57. The van der Waals surface area contributed by atoms with Crippen LogP contribution < -0.4 is 0 Å². The number of aryl methyl sites for hydroxylation is 1. The van der Waals surface area contributed by atoms with E-state index in [2.05, 4.69) is 17.1 Å². The van der Waals surface area contributed by atoms with Gasteiger partial charge in [0.25, 0.3) is 5.22 Å². The maximum Gasteiger partial charge on any atom is 0.277 e. The molecule has 2 aromatic carbocycles. The number of nitrogens with zero attached hydrogens (tertiary/aromatic N) is 2. The van der Waals surface area contributed by atoms with Crippen LogP contribution in [0.5, 0.6) is 0 Å². The van der Waals surface area contributed by atoms with Crippen LogP contribution in [0, 0.1) is 0 Å². The fraction of sp³-hybridized carbons (Fsp3) is 0.167. The van der Waals surface area contributed by atoms with Gasteiger partial charge in [0, 0.05) is 11.1 Å². The van der Waals surface area contributed by atoms with Crippen LogP contribution in [0.4, 0.5) is 0 Å². The lowest BCUT2D eigenvalue weighted by Gasteiger charge is -2.01. The molecule has 1 aromatic heterocycles. The second kappa shape index (κ2) is 8.04. The van der Waals surface area contributed by atoms with E-state index in [4.69, 9.17) is 27.6 Å². The average Bonchev–Trinajstić information content (AvgIpc) is 3.11. The fourth-order valence-electron chi connectivity index (χ4n) is 2.15. The van der Waals surface area contributed by atoms with E-state index < -0.39 is 0 Å². The van der Waals surface area contributed by atoms with Crippen molar-refractivity contribution >= 4 is 40.7 Å². The first-order valence-electron chi connectivity index (χ1n) is 7.60. The molecule has 0 spiro atoms. The van der Waals surface area contributed by atoms with Gasteiger partial charge in [0.1, 0.15) is 0 Å². The highest BCUT2D eigenvalue weighted by molar-refractivity contribution is 7.99. The first-order chi connectivity index (χ1) is 12.1. The minimum atomic E-state index is 0.0157. The fourth-order valence-corrected chi connectivity index (χ4v) is 3.11. The van der Waals surface area contributed by atoms with E-state index in [1.807, 2.05) is 24.3 Å². The van der Waals surface area contributed by atoms with Crippen LogP contribution in [0.3, 0.4) is 0 Å². The lowest BCUT2D eigenvalue weighted by Crippen LogP contribution is -2.02. The van der Waals surface area contributed by atoms with Gasteiger partial charge in [-0.1, -0.05) is 66.2 Å². The van der Waals surface area contributed by atoms with Gasteiger partial charge in [-0.25, -0.2) is 0 Å². The predicted molar refractivity (Wildman–Crippen MR) is 101 cm³/mol. The Labute approximate surface area is 159 Å². The molecule has 1 heterocycles. The molecule has 0 aliphatic carbocycles. The average molecular weight is 393 g/mol. The molecule has 0 amide bonds. The third-order valence-corrected chi connectivity index (χ3v) is 5.14. The molecule has 0 radical (unpaired) electrons. The summed E-state index contributed by atoms with van der Waals surface area (Å²) >= 11 is 13.1. The molecule has 25 heavy (non-hydrogen) atoms. The smallest absolute Gasteiger partial charge is 0.277 e. The first kappa shape index (κ1) is 18.0. The zero-order valence-corrected chi connectivity index (χ0v) is 15.7. The minimum Gasteiger partial charge on any atom is -0.411 e. The summed E-state index contributed by atoms with van der Waals surface area (Å²) in [5, 5.41) is 9.14. The number of hydrogen-bond donors (Lipinski definition) is 0. The molecular formula is C18H14Cl2N2O2S. The van der Waals surface area contributed by atoms with Gasteiger partial charge in [-0.3, -0.25) is 4.79 Å². The molecule has 0 aliphatic heterocycles. The van der Waals surface area contributed by atoms with Gasteiger partial charge in [0.05, 0.1) is 15.8 Å². The van der Waals surface area contributed by atoms with Gasteiger partial charge in [0.2, 0.25) is 5.89 Å². The molecular weight excluding hydrogens is 379 g/mol. The Hall–Kier alpha value is -1.82. The highest BCUT2D eigenvalue weighted by atomic mass is 35.5. The van der Waals surface area contributed by atoms with E-state index in [1.165, 1.54) is 17.3 Å². The molecule has 3 aromatic rings. The zero-order chi connectivity index (χ0) is 17.8. The van der Waals surface area contributed by atoms with Crippen molar-refractivity contribution in [2.24, 2.45) is 0 Å². The number of carbonyl (C=O) groups excluding carboxylic acids is 1. The van der Waals surface area contributed by atoms with E-state index in [0.717, 1.165) is 6.42 Å². The normalized spacial score (nSPS) is 10.8. The third-order valence-electron chi connectivity index (χ3n) is 3.58. The largest absolute Gasteiger partial charge is 0.411 e. The molecule has 7 heteroatoms. The molecule has 0 atom stereocenters. The maximum absolute atomic E-state index is 12.2. The molecule has 0 unspecified atom stereocenters. The van der Waals surface area contributed by atoms with E-state index in [1.54, 1.807) is 18.2 Å². The van der Waals surface area contributed by atoms with Crippen LogP contribution in [-0.4, -0.2) is 21.7 Å². The highest BCUT2D eigenvalue weighted by Crippen LogP contribution is 2.29. The van der Waals surface area contributed by atoms with Crippen LogP contribution in [0.25, 0.3) is 11.5 Å². The molecule has 0 aliphatic rings. The van der Waals surface area contributed by atoms with Crippen LogP contribution in [0.2, 0.25) is 10.0 Å². The Morgan fingerprint density at radius 3 is 2.52 bits per heavy atom. The number of Topliss-reactive ketones (excluding diaryl/α,β-unsaturated/α-hetero) is 1. The number of hydrogen-bond acceptors (Lipinski definition) is 5. The van der Waals surface area contributed by atoms with Crippen molar-refractivity contribution in [2.75, 3.05) is 5.75 Å². The molecule has 0 N–H and O–H groups in total. The van der Waals surface area contributed by atoms with Gasteiger partial charge in [-0.05, 0) is 30.2 Å². The number of carbonyl (C=O) groups is 1. The highest BCUT2D eigenvalue weighted by Gasteiger charge is 2.13. The van der Waals surface area contributed by atoms with Gasteiger partial charge in [-0.15, -0.1) is 10.2 Å². The summed E-state index contributed by atoms with van der Waals surface area (Å²) in [7, 11) is 0. The number of benzene rings is 2. The standard InChI is InChI=1S/C18H14Cl2N2O2S/c1-2-11-3-5-12(6-4-11)16(23)10-25-18-22-21-17(24-18)13-7-8-14(19)15(20)9-13/h3-9H,2,10H2,1H3. The Bertz CT molecular complexity index is 894. The van der Waals surface area contributed by atoms with Crippen molar-refractivity contribution in [3.63, 3.8) is 0 Å². The molecule has 0 saturated heterocycles. The Balaban J connectivity index is 1.64. The summed E-state index contributed by atoms with van der Waals surface area (Å²) in [6.07, 6.45) is 0.947. The van der Waals surface area contributed by atoms with E-state index in [0.29, 0.717) is 32.3 Å². The third kappa shape index (κ3) is 4.42. The molecule has 128 valence electrons. The molecule has 0 saturated carbocycles. The summed E-state index contributed by atoms with van der Waals surface area (Å²) in [5.74, 6) is 0.580.